The lowest BCUT2D eigenvalue weighted by atomic mass is 10.1. The molecule has 0 spiro atoms. The first-order valence-corrected chi connectivity index (χ1v) is 10.3. The summed E-state index contributed by atoms with van der Waals surface area (Å²) in [5, 5.41) is 0. The Balaban J connectivity index is 1.60. The van der Waals surface area contributed by atoms with Crippen LogP contribution < -0.4 is 4.72 Å². The number of esters is 1. The SMILES string of the molecule is COC(=O)c1ccc(CS(=O)(=O)NCc2ccc(-n3ccnc3C)cc2)cc1. The Kier molecular flexibility index (Phi) is 5.91. The average molecular weight is 399 g/mol. The Morgan fingerprint density at radius 2 is 1.71 bits per heavy atom. The molecule has 1 aromatic heterocycles. The van der Waals surface area contributed by atoms with Gasteiger partial charge in [-0.1, -0.05) is 24.3 Å². The summed E-state index contributed by atoms with van der Waals surface area (Å²) in [6, 6.07) is 13.9. The van der Waals surface area contributed by atoms with Gasteiger partial charge in [-0.25, -0.2) is 22.9 Å². The maximum atomic E-state index is 12.3. The van der Waals surface area contributed by atoms with Gasteiger partial charge in [-0.3, -0.25) is 0 Å². The number of sulfonamides is 1. The fourth-order valence-electron chi connectivity index (χ4n) is 2.74. The van der Waals surface area contributed by atoms with Crippen molar-refractivity contribution < 1.29 is 17.9 Å². The summed E-state index contributed by atoms with van der Waals surface area (Å²) in [6.45, 7) is 2.12. The monoisotopic (exact) mass is 399 g/mol. The maximum Gasteiger partial charge on any atom is 0.337 e. The van der Waals surface area contributed by atoms with Crippen LogP contribution in [0.5, 0.6) is 0 Å². The molecular weight excluding hydrogens is 378 g/mol. The van der Waals surface area contributed by atoms with Crippen LogP contribution in [-0.4, -0.2) is 31.0 Å². The lowest BCUT2D eigenvalue weighted by molar-refractivity contribution is 0.0600. The Hall–Kier alpha value is -2.97. The lowest BCUT2D eigenvalue weighted by Gasteiger charge is -2.09. The fourth-order valence-corrected chi connectivity index (χ4v) is 3.86. The molecule has 0 aliphatic heterocycles. The molecule has 0 amide bonds. The Bertz CT molecular complexity index is 1060. The standard InChI is InChI=1S/C20H21N3O4S/c1-15-21-11-12-23(15)19-9-5-16(6-10-19)13-22-28(25,26)14-17-3-7-18(8-4-17)20(24)27-2/h3-12,22H,13-14H2,1-2H3. The van der Waals surface area contributed by atoms with E-state index in [9.17, 15) is 13.2 Å². The van der Waals surface area contributed by atoms with Crippen molar-refractivity contribution in [2.45, 2.75) is 19.2 Å². The Labute approximate surface area is 164 Å². The summed E-state index contributed by atoms with van der Waals surface area (Å²) in [5.74, 6) is 0.259. The van der Waals surface area contributed by atoms with Crippen LogP contribution in [0.4, 0.5) is 0 Å². The zero-order valence-corrected chi connectivity index (χ0v) is 16.4. The molecule has 0 bridgehead atoms. The van der Waals surface area contributed by atoms with Crippen molar-refractivity contribution in [2.24, 2.45) is 0 Å². The van der Waals surface area contributed by atoms with Gasteiger partial charge in [0.1, 0.15) is 5.82 Å². The van der Waals surface area contributed by atoms with Gasteiger partial charge in [0.25, 0.3) is 0 Å². The number of hydrogen-bond donors (Lipinski definition) is 1. The van der Waals surface area contributed by atoms with Crippen molar-refractivity contribution in [1.82, 2.24) is 14.3 Å². The van der Waals surface area contributed by atoms with Crippen LogP contribution in [0.2, 0.25) is 0 Å². The van der Waals surface area contributed by atoms with E-state index < -0.39 is 16.0 Å². The largest absolute Gasteiger partial charge is 0.465 e. The summed E-state index contributed by atoms with van der Waals surface area (Å²) in [7, 11) is -2.21. The van der Waals surface area contributed by atoms with Crippen molar-refractivity contribution in [3.05, 3.63) is 83.4 Å². The van der Waals surface area contributed by atoms with E-state index in [2.05, 4.69) is 14.4 Å². The van der Waals surface area contributed by atoms with Gasteiger partial charge in [0.2, 0.25) is 10.0 Å². The second-order valence-electron chi connectivity index (χ2n) is 6.28. The summed E-state index contributed by atoms with van der Waals surface area (Å²) < 4.78 is 33.8. The highest BCUT2D eigenvalue weighted by atomic mass is 32.2. The molecule has 3 aromatic rings. The van der Waals surface area contributed by atoms with Crippen LogP contribution in [0, 0.1) is 6.92 Å². The van der Waals surface area contributed by atoms with Crippen molar-refractivity contribution >= 4 is 16.0 Å². The van der Waals surface area contributed by atoms with Crippen LogP contribution in [0.15, 0.2) is 60.9 Å². The molecule has 0 radical (unpaired) electrons. The van der Waals surface area contributed by atoms with Crippen LogP contribution in [0.25, 0.3) is 5.69 Å². The summed E-state index contributed by atoms with van der Waals surface area (Å²) in [5.41, 5.74) is 2.79. The van der Waals surface area contributed by atoms with E-state index in [4.69, 9.17) is 0 Å². The number of hydrogen-bond acceptors (Lipinski definition) is 5. The van der Waals surface area contributed by atoms with Gasteiger partial charge in [0, 0.05) is 24.6 Å². The van der Waals surface area contributed by atoms with Crippen LogP contribution >= 0.6 is 0 Å². The molecule has 0 aliphatic carbocycles. The molecule has 8 heteroatoms. The predicted octanol–water partition coefficient (Wildman–Crippen LogP) is 2.59. The molecule has 28 heavy (non-hydrogen) atoms. The fraction of sp³-hybridized carbons (Fsp3) is 0.200. The number of carbonyl (C=O) groups excluding carboxylic acids is 1. The first-order chi connectivity index (χ1) is 13.4. The molecule has 0 atom stereocenters. The Morgan fingerprint density at radius 1 is 1.07 bits per heavy atom. The first kappa shape index (κ1) is 19.8. The molecule has 0 saturated carbocycles. The second kappa shape index (κ2) is 8.37. The van der Waals surface area contributed by atoms with Crippen molar-refractivity contribution in [2.75, 3.05) is 7.11 Å². The normalized spacial score (nSPS) is 11.4. The number of benzene rings is 2. The number of aromatic nitrogens is 2. The maximum absolute atomic E-state index is 12.3. The zero-order chi connectivity index (χ0) is 20.1. The molecule has 0 fully saturated rings. The van der Waals surface area contributed by atoms with Crippen LogP contribution in [0.1, 0.15) is 27.3 Å². The number of aryl methyl sites for hydroxylation is 1. The molecule has 146 valence electrons. The van der Waals surface area contributed by atoms with Gasteiger partial charge in [0.05, 0.1) is 18.4 Å². The highest BCUT2D eigenvalue weighted by Gasteiger charge is 2.13. The topological polar surface area (TPSA) is 90.3 Å². The molecule has 0 saturated heterocycles. The first-order valence-electron chi connectivity index (χ1n) is 8.62. The van der Waals surface area contributed by atoms with Crippen LogP contribution in [0.3, 0.4) is 0 Å². The number of methoxy groups -OCH3 is 1. The van der Waals surface area contributed by atoms with Gasteiger partial charge < -0.3 is 9.30 Å². The van der Waals surface area contributed by atoms with Gasteiger partial charge >= 0.3 is 5.97 Å². The minimum Gasteiger partial charge on any atom is -0.465 e. The average Bonchev–Trinajstić information content (AvgIpc) is 3.12. The summed E-state index contributed by atoms with van der Waals surface area (Å²) in [4.78, 5) is 15.6. The van der Waals surface area contributed by atoms with E-state index in [-0.39, 0.29) is 12.3 Å². The van der Waals surface area contributed by atoms with E-state index in [1.807, 2.05) is 42.0 Å². The number of rotatable bonds is 7. The molecule has 0 aliphatic rings. The highest BCUT2D eigenvalue weighted by Crippen LogP contribution is 2.13. The number of nitrogens with one attached hydrogen (secondary N) is 1. The molecular formula is C20H21N3O4S. The molecule has 1 N–H and O–H groups in total. The molecule has 3 rings (SSSR count). The number of ether oxygens (including phenoxy) is 1. The van der Waals surface area contributed by atoms with Crippen LogP contribution in [-0.2, 0) is 27.1 Å². The van der Waals surface area contributed by atoms with Gasteiger partial charge in [-0.2, -0.15) is 0 Å². The zero-order valence-electron chi connectivity index (χ0n) is 15.6. The molecule has 1 heterocycles. The minimum absolute atomic E-state index is 0.166. The van der Waals surface area contributed by atoms with Crippen molar-refractivity contribution in [3.63, 3.8) is 0 Å². The van der Waals surface area contributed by atoms with Gasteiger partial charge in [0.15, 0.2) is 0 Å². The van der Waals surface area contributed by atoms with E-state index in [1.165, 1.54) is 7.11 Å². The van der Waals surface area contributed by atoms with Crippen molar-refractivity contribution in [3.8, 4) is 5.69 Å². The van der Waals surface area contributed by atoms with Gasteiger partial charge in [-0.15, -0.1) is 0 Å². The number of imidazole rings is 1. The third kappa shape index (κ3) is 4.85. The third-order valence-corrected chi connectivity index (χ3v) is 5.57. The number of nitrogens with zero attached hydrogens (tertiary/aromatic N) is 2. The van der Waals surface area contributed by atoms with Gasteiger partial charge in [-0.05, 0) is 42.3 Å². The number of carbonyl (C=O) groups is 1. The third-order valence-electron chi connectivity index (χ3n) is 4.27. The highest BCUT2D eigenvalue weighted by molar-refractivity contribution is 7.88. The molecule has 0 unspecified atom stereocenters. The van der Waals surface area contributed by atoms with E-state index in [0.717, 1.165) is 17.1 Å². The van der Waals surface area contributed by atoms with E-state index in [1.54, 1.807) is 30.5 Å². The minimum atomic E-state index is -3.51. The summed E-state index contributed by atoms with van der Waals surface area (Å²) in [6.07, 6.45) is 3.60. The molecule has 7 nitrogen and oxygen atoms in total. The van der Waals surface area contributed by atoms with E-state index in [0.29, 0.717) is 11.1 Å². The van der Waals surface area contributed by atoms with E-state index >= 15 is 0 Å². The molecule has 2 aromatic carbocycles. The second-order valence-corrected chi connectivity index (χ2v) is 8.09. The smallest absolute Gasteiger partial charge is 0.337 e. The summed E-state index contributed by atoms with van der Waals surface area (Å²) >= 11 is 0. The quantitative estimate of drug-likeness (QED) is 0.617. The van der Waals surface area contributed by atoms with Crippen molar-refractivity contribution in [1.29, 1.82) is 0 Å². The lowest BCUT2D eigenvalue weighted by Crippen LogP contribution is -2.24. The predicted molar refractivity (Wildman–Crippen MR) is 106 cm³/mol. The Morgan fingerprint density at radius 3 is 2.29 bits per heavy atom.